The van der Waals surface area contributed by atoms with Gasteiger partial charge in [-0.3, -0.25) is 9.59 Å². The number of carboxylic acids is 1. The van der Waals surface area contributed by atoms with Gasteiger partial charge in [-0.1, -0.05) is 0 Å². The van der Waals surface area contributed by atoms with Crippen LogP contribution in [0.25, 0.3) is 0 Å². The van der Waals surface area contributed by atoms with Gasteiger partial charge in [0.2, 0.25) is 5.91 Å². The third kappa shape index (κ3) is 2.64. The number of amides is 1. The fraction of sp³-hybridized carbons (Fsp3) is 0.333. The van der Waals surface area contributed by atoms with Gasteiger partial charge < -0.3 is 10.0 Å². The number of aliphatic carboxylic acids is 1. The summed E-state index contributed by atoms with van der Waals surface area (Å²) in [7, 11) is -3.54. The fourth-order valence-electron chi connectivity index (χ4n) is 2.04. The first kappa shape index (κ1) is 14.4. The summed E-state index contributed by atoms with van der Waals surface area (Å²) in [5, 5.41) is 8.88. The highest BCUT2D eigenvalue weighted by Gasteiger charge is 2.36. The number of carbonyl (C=O) groups is 2. The molecule has 2 rings (SSSR count). The highest BCUT2D eigenvalue weighted by Crippen LogP contribution is 2.29. The lowest BCUT2D eigenvalue weighted by Gasteiger charge is -2.17. The van der Waals surface area contributed by atoms with Gasteiger partial charge in [-0.25, -0.2) is 12.8 Å². The predicted octanol–water partition coefficient (Wildman–Crippen LogP) is 0.667. The predicted molar refractivity (Wildman–Crippen MR) is 67.6 cm³/mol. The van der Waals surface area contributed by atoms with Gasteiger partial charge in [-0.05, 0) is 18.2 Å². The fourth-order valence-corrected chi connectivity index (χ4v) is 2.68. The zero-order chi connectivity index (χ0) is 15.1. The number of anilines is 1. The zero-order valence-electron chi connectivity index (χ0n) is 10.5. The molecule has 1 aliphatic heterocycles. The quantitative estimate of drug-likeness (QED) is 0.828. The molecule has 1 aromatic carbocycles. The maximum atomic E-state index is 13.8. The van der Waals surface area contributed by atoms with Crippen LogP contribution in [0.4, 0.5) is 10.1 Å². The Morgan fingerprint density at radius 1 is 1.45 bits per heavy atom. The molecule has 6 nitrogen and oxygen atoms in total. The van der Waals surface area contributed by atoms with Gasteiger partial charge in [0.25, 0.3) is 0 Å². The van der Waals surface area contributed by atoms with E-state index in [-0.39, 0.29) is 23.5 Å². The van der Waals surface area contributed by atoms with Crippen LogP contribution in [0.2, 0.25) is 0 Å². The van der Waals surface area contributed by atoms with E-state index in [1.165, 1.54) is 0 Å². The standard InChI is InChI=1S/C12H12FNO5S/c1-20(18,19)8-2-3-9(13)10(5-8)14-6-7(12(16)17)4-11(14)15/h2-3,5,7H,4,6H2,1H3,(H,16,17). The average Bonchev–Trinajstić information content (AvgIpc) is 2.70. The van der Waals surface area contributed by atoms with Crippen molar-refractivity contribution in [2.75, 3.05) is 17.7 Å². The van der Waals surface area contributed by atoms with Gasteiger partial charge in [-0.15, -0.1) is 0 Å². The molecule has 1 saturated heterocycles. The summed E-state index contributed by atoms with van der Waals surface area (Å²) in [4.78, 5) is 23.5. The maximum Gasteiger partial charge on any atom is 0.308 e. The van der Waals surface area contributed by atoms with Crippen molar-refractivity contribution in [2.45, 2.75) is 11.3 Å². The first-order valence-electron chi connectivity index (χ1n) is 5.73. The second-order valence-corrected chi connectivity index (χ2v) is 6.64. The molecule has 0 saturated carbocycles. The second-order valence-electron chi connectivity index (χ2n) is 4.63. The van der Waals surface area contributed by atoms with Crippen molar-refractivity contribution in [1.82, 2.24) is 0 Å². The van der Waals surface area contributed by atoms with Crippen LogP contribution in [0, 0.1) is 11.7 Å². The highest BCUT2D eigenvalue weighted by atomic mass is 32.2. The molecule has 1 aromatic rings. The lowest BCUT2D eigenvalue weighted by molar-refractivity contribution is -0.141. The number of nitrogens with zero attached hydrogens (tertiary/aromatic N) is 1. The van der Waals surface area contributed by atoms with Crippen molar-refractivity contribution in [3.05, 3.63) is 24.0 Å². The van der Waals surface area contributed by atoms with E-state index in [9.17, 15) is 22.4 Å². The number of benzene rings is 1. The topological polar surface area (TPSA) is 91.8 Å². The summed E-state index contributed by atoms with van der Waals surface area (Å²) in [5.41, 5.74) is -0.207. The lowest BCUT2D eigenvalue weighted by atomic mass is 10.1. The number of hydrogen-bond donors (Lipinski definition) is 1. The molecule has 0 spiro atoms. The Bertz CT molecular complexity index is 685. The minimum absolute atomic E-state index is 0.125. The number of sulfone groups is 1. The average molecular weight is 301 g/mol. The normalized spacial score (nSPS) is 19.4. The Morgan fingerprint density at radius 3 is 2.60 bits per heavy atom. The van der Waals surface area contributed by atoms with Crippen LogP contribution in [-0.4, -0.2) is 38.2 Å². The number of halogens is 1. The third-order valence-corrected chi connectivity index (χ3v) is 4.22. The van der Waals surface area contributed by atoms with E-state index in [4.69, 9.17) is 5.11 Å². The number of carboxylic acid groups (broad SMARTS) is 1. The van der Waals surface area contributed by atoms with Crippen molar-refractivity contribution in [1.29, 1.82) is 0 Å². The molecule has 1 fully saturated rings. The van der Waals surface area contributed by atoms with Crippen LogP contribution in [0.1, 0.15) is 6.42 Å². The molecule has 1 unspecified atom stereocenters. The molecule has 8 heteroatoms. The molecular formula is C12H12FNO5S. The third-order valence-electron chi connectivity index (χ3n) is 3.11. The molecule has 0 aromatic heterocycles. The molecule has 20 heavy (non-hydrogen) atoms. The van der Waals surface area contributed by atoms with E-state index in [0.717, 1.165) is 29.4 Å². The summed E-state index contributed by atoms with van der Waals surface area (Å²) < 4.78 is 36.7. The smallest absolute Gasteiger partial charge is 0.308 e. The SMILES string of the molecule is CS(=O)(=O)c1ccc(F)c(N2CC(C(=O)O)CC2=O)c1. The second kappa shape index (κ2) is 4.86. The highest BCUT2D eigenvalue weighted by molar-refractivity contribution is 7.90. The molecule has 0 radical (unpaired) electrons. The van der Waals surface area contributed by atoms with Crippen LogP contribution >= 0.6 is 0 Å². The van der Waals surface area contributed by atoms with Gasteiger partial charge in [0.05, 0.1) is 16.5 Å². The van der Waals surface area contributed by atoms with Gasteiger partial charge in [0.1, 0.15) is 5.82 Å². The van der Waals surface area contributed by atoms with Crippen molar-refractivity contribution in [2.24, 2.45) is 5.92 Å². The summed E-state index contributed by atoms with van der Waals surface area (Å²) in [6.07, 6.45) is 0.744. The van der Waals surface area contributed by atoms with Crippen LogP contribution in [0.5, 0.6) is 0 Å². The first-order valence-corrected chi connectivity index (χ1v) is 7.62. The number of carbonyl (C=O) groups excluding carboxylic acids is 1. The minimum atomic E-state index is -3.54. The van der Waals surface area contributed by atoms with E-state index in [1.807, 2.05) is 0 Å². The van der Waals surface area contributed by atoms with E-state index >= 15 is 0 Å². The van der Waals surface area contributed by atoms with Crippen LogP contribution < -0.4 is 4.90 Å². The molecule has 1 aliphatic rings. The van der Waals surface area contributed by atoms with Gasteiger partial charge in [0, 0.05) is 19.2 Å². The summed E-state index contributed by atoms with van der Waals surface area (Å²) in [6, 6.07) is 3.10. The molecule has 1 atom stereocenters. The van der Waals surface area contributed by atoms with Crippen molar-refractivity contribution >= 4 is 27.4 Å². The van der Waals surface area contributed by atoms with Crippen molar-refractivity contribution in [3.63, 3.8) is 0 Å². The minimum Gasteiger partial charge on any atom is -0.481 e. The Labute approximate surface area is 114 Å². The first-order chi connectivity index (χ1) is 9.20. The maximum absolute atomic E-state index is 13.8. The van der Waals surface area contributed by atoms with E-state index in [0.29, 0.717) is 0 Å². The molecule has 1 amide bonds. The molecular weight excluding hydrogens is 289 g/mol. The van der Waals surface area contributed by atoms with Crippen molar-refractivity contribution in [3.8, 4) is 0 Å². The Hall–Kier alpha value is -1.96. The van der Waals surface area contributed by atoms with Crippen LogP contribution in [0.3, 0.4) is 0 Å². The zero-order valence-corrected chi connectivity index (χ0v) is 11.4. The number of hydrogen-bond acceptors (Lipinski definition) is 4. The van der Waals surface area contributed by atoms with Gasteiger partial charge in [-0.2, -0.15) is 0 Å². The van der Waals surface area contributed by atoms with Crippen molar-refractivity contribution < 1.29 is 27.5 Å². The Morgan fingerprint density at radius 2 is 2.10 bits per heavy atom. The van der Waals surface area contributed by atoms with Crippen LogP contribution in [-0.2, 0) is 19.4 Å². The number of rotatable bonds is 3. The van der Waals surface area contributed by atoms with E-state index in [2.05, 4.69) is 0 Å². The van der Waals surface area contributed by atoms with Gasteiger partial charge >= 0.3 is 5.97 Å². The van der Waals surface area contributed by atoms with Crippen LogP contribution in [0.15, 0.2) is 23.1 Å². The monoisotopic (exact) mass is 301 g/mol. The molecule has 1 N–H and O–H groups in total. The summed E-state index contributed by atoms with van der Waals surface area (Å²) in [5.74, 6) is -3.36. The summed E-state index contributed by atoms with van der Waals surface area (Å²) in [6.45, 7) is -0.168. The molecule has 108 valence electrons. The largest absolute Gasteiger partial charge is 0.481 e. The molecule has 1 heterocycles. The van der Waals surface area contributed by atoms with E-state index in [1.54, 1.807) is 0 Å². The molecule has 0 aliphatic carbocycles. The summed E-state index contributed by atoms with van der Waals surface area (Å²) >= 11 is 0. The van der Waals surface area contributed by atoms with Gasteiger partial charge in [0.15, 0.2) is 9.84 Å². The van der Waals surface area contributed by atoms with E-state index < -0.39 is 33.4 Å². The lowest BCUT2D eigenvalue weighted by Crippen LogP contribution is -2.27. The Kier molecular flexibility index (Phi) is 3.51. The Balaban J connectivity index is 2.43. The molecule has 0 bridgehead atoms.